The van der Waals surface area contributed by atoms with E-state index in [9.17, 15) is 13.2 Å². The first-order valence-corrected chi connectivity index (χ1v) is 6.69. The smallest absolute Gasteiger partial charge is 0.416 e. The second-order valence-corrected chi connectivity index (χ2v) is 4.92. The van der Waals surface area contributed by atoms with Gasteiger partial charge in [-0.25, -0.2) is 0 Å². The summed E-state index contributed by atoms with van der Waals surface area (Å²) in [6.07, 6.45) is -3.95. The van der Waals surface area contributed by atoms with Gasteiger partial charge in [0.1, 0.15) is 11.5 Å². The summed E-state index contributed by atoms with van der Waals surface area (Å²) in [6.45, 7) is -0.140. The lowest BCUT2D eigenvalue weighted by Gasteiger charge is -2.12. The molecule has 0 aromatic heterocycles. The van der Waals surface area contributed by atoms with E-state index in [0.717, 1.165) is 17.7 Å². The molecule has 0 fully saturated rings. The fourth-order valence-electron chi connectivity index (χ4n) is 1.98. The van der Waals surface area contributed by atoms with Crippen molar-refractivity contribution in [3.8, 4) is 11.5 Å². The molecule has 0 amide bonds. The zero-order valence-electron chi connectivity index (χ0n) is 11.7. The number of ether oxygens (including phenoxy) is 1. The van der Waals surface area contributed by atoms with Crippen LogP contribution in [-0.2, 0) is 12.6 Å². The van der Waals surface area contributed by atoms with Crippen LogP contribution in [0.3, 0.4) is 0 Å². The van der Waals surface area contributed by atoms with E-state index in [1.165, 1.54) is 12.1 Å². The first-order valence-electron chi connectivity index (χ1n) is 6.69. The number of rotatable bonds is 5. The third-order valence-corrected chi connectivity index (χ3v) is 3.03. The number of halogens is 3. The molecule has 3 nitrogen and oxygen atoms in total. The topological polar surface area (TPSA) is 55.5 Å². The molecule has 0 heterocycles. The molecule has 1 unspecified atom stereocenters. The molecule has 118 valence electrons. The molecule has 0 aliphatic rings. The van der Waals surface area contributed by atoms with Crippen LogP contribution in [0.2, 0.25) is 0 Å². The van der Waals surface area contributed by atoms with E-state index in [1.54, 1.807) is 18.2 Å². The van der Waals surface area contributed by atoms with E-state index < -0.39 is 11.7 Å². The zero-order chi connectivity index (χ0) is 16.2. The van der Waals surface area contributed by atoms with Gasteiger partial charge in [0.15, 0.2) is 0 Å². The maximum atomic E-state index is 12.7. The number of hydrogen-bond acceptors (Lipinski definition) is 3. The van der Waals surface area contributed by atoms with Crippen LogP contribution in [0, 0.1) is 0 Å². The summed E-state index contributed by atoms with van der Waals surface area (Å²) < 4.78 is 43.4. The van der Waals surface area contributed by atoms with Crippen LogP contribution in [0.15, 0.2) is 48.5 Å². The SMILES string of the molecule is NC(CO)Cc1cccc(Oc2cccc(C(F)(F)F)c2)c1. The molecule has 0 spiro atoms. The zero-order valence-corrected chi connectivity index (χ0v) is 11.7. The van der Waals surface area contributed by atoms with Crippen molar-refractivity contribution in [2.75, 3.05) is 6.61 Å². The standard InChI is InChI=1S/C16H16F3NO2/c17-16(18,19)12-4-2-6-15(9-12)22-14-5-1-3-11(8-14)7-13(20)10-21/h1-6,8-9,13,21H,7,10,20H2. The van der Waals surface area contributed by atoms with Gasteiger partial charge in [-0.1, -0.05) is 18.2 Å². The van der Waals surface area contributed by atoms with Gasteiger partial charge in [0.05, 0.1) is 12.2 Å². The average molecular weight is 311 g/mol. The second kappa shape index (κ2) is 6.81. The van der Waals surface area contributed by atoms with Gasteiger partial charge in [-0.3, -0.25) is 0 Å². The lowest BCUT2D eigenvalue weighted by atomic mass is 10.1. The minimum Gasteiger partial charge on any atom is -0.457 e. The largest absolute Gasteiger partial charge is 0.457 e. The summed E-state index contributed by atoms with van der Waals surface area (Å²) in [5.41, 5.74) is 5.74. The summed E-state index contributed by atoms with van der Waals surface area (Å²) in [5, 5.41) is 8.94. The van der Waals surface area contributed by atoms with Gasteiger partial charge < -0.3 is 15.6 Å². The Balaban J connectivity index is 2.15. The maximum absolute atomic E-state index is 12.7. The number of nitrogens with two attached hydrogens (primary N) is 1. The first-order chi connectivity index (χ1) is 10.4. The number of hydrogen-bond donors (Lipinski definition) is 2. The predicted molar refractivity (Wildman–Crippen MR) is 76.7 cm³/mol. The molecule has 0 saturated heterocycles. The number of aliphatic hydroxyl groups is 1. The molecular weight excluding hydrogens is 295 g/mol. The first kappa shape index (κ1) is 16.3. The molecule has 22 heavy (non-hydrogen) atoms. The maximum Gasteiger partial charge on any atom is 0.416 e. The van der Waals surface area contributed by atoms with Gasteiger partial charge >= 0.3 is 6.18 Å². The molecule has 3 N–H and O–H groups in total. The van der Waals surface area contributed by atoms with E-state index in [2.05, 4.69) is 0 Å². The quantitative estimate of drug-likeness (QED) is 0.890. The number of alkyl halides is 3. The van der Waals surface area contributed by atoms with Crippen molar-refractivity contribution in [1.29, 1.82) is 0 Å². The van der Waals surface area contributed by atoms with Crippen molar-refractivity contribution in [3.63, 3.8) is 0 Å². The van der Waals surface area contributed by atoms with Gasteiger partial charge in [-0.2, -0.15) is 13.2 Å². The average Bonchev–Trinajstić information content (AvgIpc) is 2.47. The van der Waals surface area contributed by atoms with E-state index in [1.807, 2.05) is 6.07 Å². The van der Waals surface area contributed by atoms with E-state index >= 15 is 0 Å². The lowest BCUT2D eigenvalue weighted by Crippen LogP contribution is -2.26. The Morgan fingerprint density at radius 1 is 1.05 bits per heavy atom. The summed E-state index contributed by atoms with van der Waals surface area (Å²) in [6, 6.07) is 11.2. The second-order valence-electron chi connectivity index (χ2n) is 4.92. The molecule has 0 saturated carbocycles. The highest BCUT2D eigenvalue weighted by atomic mass is 19.4. The molecule has 0 bridgehead atoms. The summed E-state index contributed by atoms with van der Waals surface area (Å²) >= 11 is 0. The van der Waals surface area contributed by atoms with Crippen molar-refractivity contribution in [3.05, 3.63) is 59.7 Å². The Morgan fingerprint density at radius 2 is 1.68 bits per heavy atom. The van der Waals surface area contributed by atoms with Crippen molar-refractivity contribution >= 4 is 0 Å². The molecule has 6 heteroatoms. The van der Waals surface area contributed by atoms with Crippen LogP contribution < -0.4 is 10.5 Å². The number of aliphatic hydroxyl groups excluding tert-OH is 1. The Morgan fingerprint density at radius 3 is 2.32 bits per heavy atom. The normalized spacial score (nSPS) is 13.0. The van der Waals surface area contributed by atoms with Gasteiger partial charge in [-0.05, 0) is 42.3 Å². The number of benzene rings is 2. The third kappa shape index (κ3) is 4.47. The molecule has 2 aromatic carbocycles. The summed E-state index contributed by atoms with van der Waals surface area (Å²) in [4.78, 5) is 0. The minimum atomic E-state index is -4.41. The van der Waals surface area contributed by atoms with Crippen LogP contribution in [0.1, 0.15) is 11.1 Å². The van der Waals surface area contributed by atoms with Crippen LogP contribution in [0.4, 0.5) is 13.2 Å². The molecule has 0 aliphatic carbocycles. The van der Waals surface area contributed by atoms with Crippen LogP contribution in [-0.4, -0.2) is 17.8 Å². The molecule has 1 atom stereocenters. The highest BCUT2D eigenvalue weighted by Crippen LogP contribution is 2.32. The van der Waals surface area contributed by atoms with Gasteiger partial charge in [0.2, 0.25) is 0 Å². The van der Waals surface area contributed by atoms with E-state index in [4.69, 9.17) is 15.6 Å². The molecule has 2 aromatic rings. The Kier molecular flexibility index (Phi) is 5.05. The third-order valence-electron chi connectivity index (χ3n) is 3.03. The van der Waals surface area contributed by atoms with Crippen LogP contribution in [0.5, 0.6) is 11.5 Å². The molecule has 0 aliphatic heterocycles. The predicted octanol–water partition coefficient (Wildman–Crippen LogP) is 3.36. The summed E-state index contributed by atoms with van der Waals surface area (Å²) in [5.74, 6) is 0.528. The van der Waals surface area contributed by atoms with Gasteiger partial charge in [-0.15, -0.1) is 0 Å². The van der Waals surface area contributed by atoms with Crippen LogP contribution >= 0.6 is 0 Å². The van der Waals surface area contributed by atoms with Crippen molar-refractivity contribution < 1.29 is 23.0 Å². The highest BCUT2D eigenvalue weighted by Gasteiger charge is 2.30. The van der Waals surface area contributed by atoms with E-state index in [-0.39, 0.29) is 18.4 Å². The fraction of sp³-hybridized carbons (Fsp3) is 0.250. The fourth-order valence-corrected chi connectivity index (χ4v) is 1.98. The summed E-state index contributed by atoms with van der Waals surface area (Å²) in [7, 11) is 0. The van der Waals surface area contributed by atoms with Crippen molar-refractivity contribution in [2.45, 2.75) is 18.6 Å². The van der Waals surface area contributed by atoms with Crippen molar-refractivity contribution in [2.24, 2.45) is 5.73 Å². The molecule has 0 radical (unpaired) electrons. The monoisotopic (exact) mass is 311 g/mol. The van der Waals surface area contributed by atoms with Gasteiger partial charge in [0.25, 0.3) is 0 Å². The van der Waals surface area contributed by atoms with Gasteiger partial charge in [0, 0.05) is 6.04 Å². The molecular formula is C16H16F3NO2. The van der Waals surface area contributed by atoms with Crippen LogP contribution in [0.25, 0.3) is 0 Å². The Hall–Kier alpha value is -2.05. The van der Waals surface area contributed by atoms with E-state index in [0.29, 0.717) is 12.2 Å². The lowest BCUT2D eigenvalue weighted by molar-refractivity contribution is -0.137. The minimum absolute atomic E-state index is 0.110. The Bertz CT molecular complexity index is 629. The molecule has 2 rings (SSSR count). The Labute approximate surface area is 126 Å². The van der Waals surface area contributed by atoms with Crippen molar-refractivity contribution in [1.82, 2.24) is 0 Å². The highest BCUT2D eigenvalue weighted by molar-refractivity contribution is 5.36.